The van der Waals surface area contributed by atoms with Crippen molar-refractivity contribution < 1.29 is 4.39 Å². The molecule has 0 amide bonds. The van der Waals surface area contributed by atoms with Gasteiger partial charge in [-0.05, 0) is 55.3 Å². The average Bonchev–Trinajstić information content (AvgIpc) is 2.32. The van der Waals surface area contributed by atoms with Crippen LogP contribution in [-0.2, 0) is 0 Å². The minimum absolute atomic E-state index is 0.136. The number of rotatable bonds is 7. The summed E-state index contributed by atoms with van der Waals surface area (Å²) in [6.45, 7) is 5.72. The maximum absolute atomic E-state index is 12.8. The van der Waals surface area contributed by atoms with Crippen molar-refractivity contribution in [2.45, 2.75) is 57.9 Å². The molecule has 0 bridgehead atoms. The van der Waals surface area contributed by atoms with Crippen LogP contribution >= 0.6 is 0 Å². The summed E-state index contributed by atoms with van der Waals surface area (Å²) in [6, 6.07) is 7.68. The van der Waals surface area contributed by atoms with Gasteiger partial charge in [-0.25, -0.2) is 4.39 Å². The predicted molar refractivity (Wildman–Crippen MR) is 78.9 cm³/mol. The van der Waals surface area contributed by atoms with Crippen LogP contribution in [0.4, 0.5) is 4.39 Å². The standard InChI is InChI=1S/C17H26FN/c1-13(2)5-3-4-10-19-17-11-15(12-17)14-6-8-16(18)9-7-14/h6-9,13,15,17,19H,3-5,10-12H2,1-2H3. The quantitative estimate of drug-likeness (QED) is 0.715. The van der Waals surface area contributed by atoms with E-state index in [0.717, 1.165) is 12.5 Å². The van der Waals surface area contributed by atoms with Crippen LogP contribution in [0.3, 0.4) is 0 Å². The minimum Gasteiger partial charge on any atom is -0.314 e. The first-order chi connectivity index (χ1) is 9.15. The first-order valence-electron chi connectivity index (χ1n) is 7.64. The number of nitrogens with one attached hydrogen (secondary N) is 1. The van der Waals surface area contributed by atoms with Crippen LogP contribution in [0.15, 0.2) is 24.3 Å². The molecule has 1 N–H and O–H groups in total. The van der Waals surface area contributed by atoms with Crippen molar-refractivity contribution in [1.82, 2.24) is 5.32 Å². The van der Waals surface area contributed by atoms with E-state index in [2.05, 4.69) is 19.2 Å². The summed E-state index contributed by atoms with van der Waals surface area (Å²) in [5, 5.41) is 3.63. The van der Waals surface area contributed by atoms with Gasteiger partial charge in [0.15, 0.2) is 0 Å². The van der Waals surface area contributed by atoms with E-state index in [1.807, 2.05) is 12.1 Å². The SMILES string of the molecule is CC(C)CCCCNC1CC(c2ccc(F)cc2)C1. The third kappa shape index (κ3) is 4.61. The molecule has 2 rings (SSSR count). The summed E-state index contributed by atoms with van der Waals surface area (Å²) in [4.78, 5) is 0. The Balaban J connectivity index is 1.57. The smallest absolute Gasteiger partial charge is 0.123 e. The van der Waals surface area contributed by atoms with Gasteiger partial charge in [-0.1, -0.05) is 38.8 Å². The zero-order valence-electron chi connectivity index (χ0n) is 12.2. The van der Waals surface area contributed by atoms with Crippen molar-refractivity contribution in [3.05, 3.63) is 35.6 Å². The van der Waals surface area contributed by atoms with Gasteiger partial charge in [0.25, 0.3) is 0 Å². The van der Waals surface area contributed by atoms with Crippen molar-refractivity contribution >= 4 is 0 Å². The molecule has 2 heteroatoms. The maximum Gasteiger partial charge on any atom is 0.123 e. The molecular formula is C17H26FN. The molecule has 0 unspecified atom stereocenters. The van der Waals surface area contributed by atoms with Gasteiger partial charge in [0, 0.05) is 6.04 Å². The Bertz CT molecular complexity index is 365. The van der Waals surface area contributed by atoms with Crippen LogP contribution in [0.2, 0.25) is 0 Å². The lowest BCUT2D eigenvalue weighted by molar-refractivity contribution is 0.289. The van der Waals surface area contributed by atoms with Crippen molar-refractivity contribution in [2.75, 3.05) is 6.54 Å². The fraction of sp³-hybridized carbons (Fsp3) is 0.647. The van der Waals surface area contributed by atoms with Crippen LogP contribution in [0.1, 0.15) is 57.4 Å². The van der Waals surface area contributed by atoms with Crippen LogP contribution in [0.25, 0.3) is 0 Å². The third-order valence-corrected chi connectivity index (χ3v) is 4.12. The molecule has 0 saturated heterocycles. The maximum atomic E-state index is 12.8. The van der Waals surface area contributed by atoms with E-state index in [9.17, 15) is 4.39 Å². The molecule has 0 atom stereocenters. The Labute approximate surface area is 116 Å². The van der Waals surface area contributed by atoms with Crippen LogP contribution in [-0.4, -0.2) is 12.6 Å². The summed E-state index contributed by atoms with van der Waals surface area (Å²) >= 11 is 0. The van der Waals surface area contributed by atoms with Gasteiger partial charge in [0.2, 0.25) is 0 Å². The molecule has 1 saturated carbocycles. The lowest BCUT2D eigenvalue weighted by Gasteiger charge is -2.36. The topological polar surface area (TPSA) is 12.0 Å². The highest BCUT2D eigenvalue weighted by atomic mass is 19.1. The number of halogens is 1. The number of hydrogen-bond donors (Lipinski definition) is 1. The van der Waals surface area contributed by atoms with E-state index in [1.165, 1.54) is 37.7 Å². The lowest BCUT2D eigenvalue weighted by atomic mass is 9.76. The van der Waals surface area contributed by atoms with Gasteiger partial charge in [-0.15, -0.1) is 0 Å². The van der Waals surface area contributed by atoms with Crippen molar-refractivity contribution in [3.8, 4) is 0 Å². The minimum atomic E-state index is -0.136. The second-order valence-electron chi connectivity index (χ2n) is 6.26. The highest BCUT2D eigenvalue weighted by Crippen LogP contribution is 2.36. The summed E-state index contributed by atoms with van der Waals surface area (Å²) in [6.07, 6.45) is 6.37. The Hall–Kier alpha value is -0.890. The van der Waals surface area contributed by atoms with Gasteiger partial charge >= 0.3 is 0 Å². The molecule has 1 aliphatic carbocycles. The molecule has 106 valence electrons. The molecule has 1 aromatic carbocycles. The fourth-order valence-corrected chi connectivity index (χ4v) is 2.78. The van der Waals surface area contributed by atoms with Gasteiger partial charge in [0.05, 0.1) is 0 Å². The van der Waals surface area contributed by atoms with E-state index in [-0.39, 0.29) is 5.82 Å². The third-order valence-electron chi connectivity index (χ3n) is 4.12. The molecule has 1 aromatic rings. The Kier molecular flexibility index (Phi) is 5.38. The van der Waals surface area contributed by atoms with Crippen LogP contribution < -0.4 is 5.32 Å². The highest BCUT2D eigenvalue weighted by molar-refractivity contribution is 5.23. The normalized spacial score (nSPS) is 22.5. The van der Waals surface area contributed by atoms with Crippen molar-refractivity contribution in [3.63, 3.8) is 0 Å². The van der Waals surface area contributed by atoms with Crippen molar-refractivity contribution in [2.24, 2.45) is 5.92 Å². The zero-order chi connectivity index (χ0) is 13.7. The van der Waals surface area contributed by atoms with E-state index < -0.39 is 0 Å². The number of benzene rings is 1. The molecule has 1 aliphatic rings. The fourth-order valence-electron chi connectivity index (χ4n) is 2.78. The van der Waals surface area contributed by atoms with Crippen molar-refractivity contribution in [1.29, 1.82) is 0 Å². The summed E-state index contributed by atoms with van der Waals surface area (Å²) in [5.74, 6) is 1.32. The molecule has 1 nitrogen and oxygen atoms in total. The van der Waals surface area contributed by atoms with Gasteiger partial charge in [-0.2, -0.15) is 0 Å². The molecule has 0 heterocycles. The average molecular weight is 263 g/mol. The van der Waals surface area contributed by atoms with Gasteiger partial charge < -0.3 is 5.32 Å². The Morgan fingerprint density at radius 2 is 1.84 bits per heavy atom. The van der Waals surface area contributed by atoms with E-state index in [4.69, 9.17) is 0 Å². The van der Waals surface area contributed by atoms with Gasteiger partial charge in [-0.3, -0.25) is 0 Å². The van der Waals surface area contributed by atoms with Crippen LogP contribution in [0, 0.1) is 11.7 Å². The van der Waals surface area contributed by atoms with E-state index in [0.29, 0.717) is 12.0 Å². The molecule has 1 fully saturated rings. The predicted octanol–water partition coefficient (Wildman–Crippen LogP) is 4.49. The monoisotopic (exact) mass is 263 g/mol. The summed E-state index contributed by atoms with van der Waals surface area (Å²) < 4.78 is 12.8. The Morgan fingerprint density at radius 1 is 1.16 bits per heavy atom. The lowest BCUT2D eigenvalue weighted by Crippen LogP contribution is -2.40. The van der Waals surface area contributed by atoms with Gasteiger partial charge in [0.1, 0.15) is 5.82 Å². The second kappa shape index (κ2) is 7.04. The molecular weight excluding hydrogens is 237 g/mol. The van der Waals surface area contributed by atoms with E-state index in [1.54, 1.807) is 12.1 Å². The zero-order valence-corrected chi connectivity index (χ0v) is 12.2. The highest BCUT2D eigenvalue weighted by Gasteiger charge is 2.29. The number of unbranched alkanes of at least 4 members (excludes halogenated alkanes) is 1. The molecule has 19 heavy (non-hydrogen) atoms. The summed E-state index contributed by atoms with van der Waals surface area (Å²) in [7, 11) is 0. The van der Waals surface area contributed by atoms with E-state index >= 15 is 0 Å². The molecule has 0 aromatic heterocycles. The molecule has 0 radical (unpaired) electrons. The molecule has 0 aliphatic heterocycles. The second-order valence-corrected chi connectivity index (χ2v) is 6.26. The summed E-state index contributed by atoms with van der Waals surface area (Å²) in [5.41, 5.74) is 1.29. The first kappa shape index (κ1) is 14.5. The largest absolute Gasteiger partial charge is 0.314 e. The van der Waals surface area contributed by atoms with Crippen LogP contribution in [0.5, 0.6) is 0 Å². The molecule has 0 spiro atoms. The Morgan fingerprint density at radius 3 is 2.47 bits per heavy atom. The first-order valence-corrected chi connectivity index (χ1v) is 7.64. The number of hydrogen-bond acceptors (Lipinski definition) is 1.